The summed E-state index contributed by atoms with van der Waals surface area (Å²) in [6, 6.07) is 46.6. The molecule has 2 unspecified atom stereocenters. The fourth-order valence-electron chi connectivity index (χ4n) is 12.7. The first-order chi connectivity index (χ1) is 48.6. The summed E-state index contributed by atoms with van der Waals surface area (Å²) in [6.45, 7) is 17.8. The van der Waals surface area contributed by atoms with Crippen LogP contribution in [0.1, 0.15) is 176 Å². The van der Waals surface area contributed by atoms with Crippen LogP contribution >= 0.6 is 0 Å². The lowest BCUT2D eigenvalue weighted by Gasteiger charge is -2.35. The Balaban J connectivity index is 0.000000184. The maximum absolute atomic E-state index is 12.7. The number of aryl methyl sites for hydroxylation is 8. The zero-order chi connectivity index (χ0) is 72.5. The van der Waals surface area contributed by atoms with E-state index in [1.165, 1.54) is 4.90 Å². The molecule has 4 aliphatic heterocycles. The lowest BCUT2D eigenvalue weighted by Crippen LogP contribution is -2.44. The van der Waals surface area contributed by atoms with E-state index in [4.69, 9.17) is 10.8 Å². The van der Waals surface area contributed by atoms with Crippen molar-refractivity contribution in [1.82, 2.24) is 39.5 Å². The lowest BCUT2D eigenvalue weighted by atomic mass is 9.95. The molecule has 21 heteroatoms. The van der Waals surface area contributed by atoms with E-state index in [0.717, 1.165) is 150 Å². The van der Waals surface area contributed by atoms with Gasteiger partial charge in [0.25, 0.3) is 0 Å². The number of nitrogens with one attached hydrogen (secondary N) is 3. The Morgan fingerprint density at radius 2 is 0.588 bits per heavy atom. The number of piperidine rings is 4. The van der Waals surface area contributed by atoms with Crippen LogP contribution in [0.4, 0.5) is 22.7 Å². The van der Waals surface area contributed by atoms with E-state index in [0.29, 0.717) is 43.2 Å². The number of rotatable bonds is 7. The summed E-state index contributed by atoms with van der Waals surface area (Å²) in [5.41, 5.74) is 20.0. The molecule has 8 aromatic rings. The van der Waals surface area contributed by atoms with Gasteiger partial charge in [-0.3, -0.25) is 53.5 Å². The number of carboxylic acid groups (broad SMARTS) is 1. The predicted octanol–water partition coefficient (Wildman–Crippen LogP) is 13.9. The van der Waals surface area contributed by atoms with Gasteiger partial charge in [0.05, 0.1) is 71.7 Å². The molecule has 7 amide bonds. The van der Waals surface area contributed by atoms with Crippen LogP contribution in [0, 0.1) is 55.4 Å². The standard InChI is InChI=1S/3C20H23N3O2.C13H15NO3.C7H10N2.CH4/c3*1-14-12-17(13-21-15(14)2)22-19(24)20(25)23-11-7-6-10-18(23)16-8-4-3-5-9-16;15-12(13(16)17)14-9-5-4-8-11(14)10-6-2-1-3-7-10;1-5-3-7(8)4-9-6(5)2;/h3*3-5,8-9,12-13,18H,6-7,10-11H2,1-2H3,(H,22,24);1-3,6-7,11H,4-5,8-9H2,(H,16,17);3-4H,8H2,1-2H3;1H4/t2*18-;;;;/m10..../s1. The van der Waals surface area contributed by atoms with E-state index in [9.17, 15) is 38.4 Å². The van der Waals surface area contributed by atoms with Gasteiger partial charge in [-0.15, -0.1) is 0 Å². The van der Waals surface area contributed by atoms with Gasteiger partial charge in [0.15, 0.2) is 0 Å². The zero-order valence-corrected chi connectivity index (χ0v) is 59.2. The minimum atomic E-state index is -1.37. The number of hydrogen-bond donors (Lipinski definition) is 5. The number of likely N-dealkylation sites (tertiary alicyclic amines) is 4. The van der Waals surface area contributed by atoms with Crippen molar-refractivity contribution in [1.29, 1.82) is 0 Å². The number of nitrogen functional groups attached to an aromatic ring is 1. The molecule has 4 aliphatic rings. The molecule has 0 spiro atoms. The highest BCUT2D eigenvalue weighted by molar-refractivity contribution is 6.40. The molecule has 536 valence electrons. The molecule has 12 rings (SSSR count). The maximum Gasteiger partial charge on any atom is 0.394 e. The molecule has 102 heavy (non-hydrogen) atoms. The van der Waals surface area contributed by atoms with Crippen LogP contribution in [0.15, 0.2) is 170 Å². The van der Waals surface area contributed by atoms with Crippen molar-refractivity contribution in [3.8, 4) is 0 Å². The number of hydrogen-bond acceptors (Lipinski definition) is 13. The number of benzene rings is 4. The third-order valence-electron chi connectivity index (χ3n) is 18.7. The second-order valence-electron chi connectivity index (χ2n) is 25.9. The SMILES string of the molecule is C.Cc1cc(N)cnc1C.Cc1cc(NC(=O)C(=O)N2CCCCC2c2ccccc2)cnc1C.Cc1cc(NC(=O)C(=O)N2CCCC[C@@H]2c2ccccc2)cnc1C.Cc1cc(NC(=O)C(=O)N2CCCC[C@H]2c2ccccc2)cnc1C.O=C(O)C(=O)N1CCCCC1c1ccccc1. The highest BCUT2D eigenvalue weighted by Crippen LogP contribution is 2.35. The van der Waals surface area contributed by atoms with Gasteiger partial charge >= 0.3 is 47.3 Å². The molecule has 8 heterocycles. The van der Waals surface area contributed by atoms with Crippen molar-refractivity contribution in [2.45, 2.75) is 164 Å². The smallest absolute Gasteiger partial charge is 0.394 e. The summed E-state index contributed by atoms with van der Waals surface area (Å²) in [5, 5.41) is 16.9. The number of anilines is 4. The van der Waals surface area contributed by atoms with Crippen molar-refractivity contribution in [2.24, 2.45) is 0 Å². The quantitative estimate of drug-likeness (QED) is 0.0928. The van der Waals surface area contributed by atoms with Crippen molar-refractivity contribution in [3.63, 3.8) is 0 Å². The Morgan fingerprint density at radius 1 is 0.353 bits per heavy atom. The second kappa shape index (κ2) is 38.6. The minimum Gasteiger partial charge on any atom is -0.474 e. The van der Waals surface area contributed by atoms with E-state index < -0.39 is 47.3 Å². The van der Waals surface area contributed by atoms with Gasteiger partial charge in [-0.25, -0.2) is 4.79 Å². The molecule has 6 N–H and O–H groups in total. The molecule has 4 aromatic heterocycles. The summed E-state index contributed by atoms with van der Waals surface area (Å²) >= 11 is 0. The van der Waals surface area contributed by atoms with Crippen LogP contribution in [0.3, 0.4) is 0 Å². The largest absolute Gasteiger partial charge is 0.474 e. The number of carbonyl (C=O) groups is 8. The van der Waals surface area contributed by atoms with Gasteiger partial charge in [-0.2, -0.15) is 0 Å². The molecule has 0 radical (unpaired) electrons. The maximum atomic E-state index is 12.7. The third kappa shape index (κ3) is 22.0. The molecule has 4 saturated heterocycles. The molecule has 0 aliphatic carbocycles. The summed E-state index contributed by atoms with van der Waals surface area (Å²) in [4.78, 5) is 121. The predicted molar refractivity (Wildman–Crippen MR) is 399 cm³/mol. The van der Waals surface area contributed by atoms with Crippen LogP contribution in [-0.4, -0.2) is 118 Å². The lowest BCUT2D eigenvalue weighted by molar-refractivity contribution is -0.158. The van der Waals surface area contributed by atoms with Gasteiger partial charge in [0, 0.05) is 49.0 Å². The van der Waals surface area contributed by atoms with Crippen LogP contribution < -0.4 is 21.7 Å². The molecule has 21 nitrogen and oxygen atoms in total. The van der Waals surface area contributed by atoms with Crippen molar-refractivity contribution in [3.05, 3.63) is 238 Å². The van der Waals surface area contributed by atoms with E-state index >= 15 is 0 Å². The van der Waals surface area contributed by atoms with Gasteiger partial charge < -0.3 is 46.4 Å². The number of amides is 7. The Kier molecular flexibility index (Phi) is 29.6. The van der Waals surface area contributed by atoms with Crippen molar-refractivity contribution in [2.75, 3.05) is 47.9 Å². The van der Waals surface area contributed by atoms with E-state index in [-0.39, 0.29) is 31.6 Å². The average molecular weight is 1380 g/mol. The normalized spacial score (nSPS) is 16.8. The number of carbonyl (C=O) groups excluding carboxylic acids is 7. The highest BCUT2D eigenvalue weighted by atomic mass is 16.4. The second-order valence-corrected chi connectivity index (χ2v) is 25.9. The first-order valence-electron chi connectivity index (χ1n) is 34.7. The van der Waals surface area contributed by atoms with Crippen LogP contribution in [0.5, 0.6) is 0 Å². The first-order valence-corrected chi connectivity index (χ1v) is 34.7. The summed E-state index contributed by atoms with van der Waals surface area (Å²) in [5.74, 6) is -5.41. The summed E-state index contributed by atoms with van der Waals surface area (Å²) < 4.78 is 0. The molecule has 4 fully saturated rings. The monoisotopic (exact) mass is 1380 g/mol. The van der Waals surface area contributed by atoms with Gasteiger partial charge in [-0.1, -0.05) is 129 Å². The third-order valence-corrected chi connectivity index (χ3v) is 18.7. The van der Waals surface area contributed by atoms with E-state index in [1.807, 2.05) is 201 Å². The number of pyridine rings is 4. The molecule has 0 bridgehead atoms. The Morgan fingerprint density at radius 3 is 0.814 bits per heavy atom. The molecular weight excluding hydrogens is 1280 g/mol. The molecule has 0 saturated carbocycles. The number of nitrogens with two attached hydrogens (primary N) is 1. The van der Waals surface area contributed by atoms with Crippen LogP contribution in [-0.2, 0) is 38.4 Å². The average Bonchev–Trinajstić information content (AvgIpc) is 0.890. The Bertz CT molecular complexity index is 3830. The number of nitrogens with zero attached hydrogens (tertiary/aromatic N) is 8. The fourth-order valence-corrected chi connectivity index (χ4v) is 12.7. The summed E-state index contributed by atoms with van der Waals surface area (Å²) in [6.07, 6.45) is 17.8. The van der Waals surface area contributed by atoms with Gasteiger partial charge in [0.1, 0.15) is 0 Å². The Labute approximate surface area is 599 Å². The number of aromatic nitrogens is 4. The number of carboxylic acids is 1. The molecule has 4 aromatic carbocycles. The van der Waals surface area contributed by atoms with E-state index in [1.54, 1.807) is 39.5 Å². The first kappa shape index (κ1) is 78.4. The van der Waals surface area contributed by atoms with Gasteiger partial charge in [-0.05, 0) is 201 Å². The topological polar surface area (TPSA) is 283 Å². The van der Waals surface area contributed by atoms with Crippen molar-refractivity contribution < 1.29 is 43.5 Å². The fraction of sp³-hybridized carbons (Fsp3) is 0.358. The van der Waals surface area contributed by atoms with Gasteiger partial charge in [0.2, 0.25) is 0 Å². The zero-order valence-electron chi connectivity index (χ0n) is 59.2. The molecule has 4 atom stereocenters. The van der Waals surface area contributed by atoms with E-state index in [2.05, 4.69) is 35.9 Å². The van der Waals surface area contributed by atoms with Crippen LogP contribution in [0.25, 0.3) is 0 Å². The molecular formula is C81H98N12O9. The minimum absolute atomic E-state index is 0. The Hall–Kier alpha value is -11.0. The van der Waals surface area contributed by atoms with Crippen LogP contribution in [0.2, 0.25) is 0 Å². The highest BCUT2D eigenvalue weighted by Gasteiger charge is 2.36. The summed E-state index contributed by atoms with van der Waals surface area (Å²) in [7, 11) is 0. The number of aliphatic carboxylic acids is 1. The van der Waals surface area contributed by atoms with Crippen molar-refractivity contribution >= 4 is 70.1 Å².